The summed E-state index contributed by atoms with van der Waals surface area (Å²) in [6.45, 7) is 8.69. The van der Waals surface area contributed by atoms with Gasteiger partial charge in [0.05, 0.1) is 42.8 Å². The lowest BCUT2D eigenvalue weighted by molar-refractivity contribution is 0.0301. The summed E-state index contributed by atoms with van der Waals surface area (Å²) in [7, 11) is 0. The average molecular weight is 304 g/mol. The van der Waals surface area contributed by atoms with Crippen LogP contribution in [0, 0.1) is 0 Å². The molecule has 6 heteroatoms. The first-order chi connectivity index (χ1) is 10.6. The van der Waals surface area contributed by atoms with E-state index in [-0.39, 0.29) is 5.54 Å². The van der Waals surface area contributed by atoms with Gasteiger partial charge in [0.1, 0.15) is 0 Å². The van der Waals surface area contributed by atoms with Crippen LogP contribution >= 0.6 is 0 Å². The number of ether oxygens (including phenoxy) is 2. The van der Waals surface area contributed by atoms with Crippen molar-refractivity contribution in [2.45, 2.75) is 44.4 Å². The molecule has 3 aliphatic rings. The molecule has 0 spiro atoms. The molecule has 6 nitrogen and oxygen atoms in total. The molecule has 1 aromatic rings. The van der Waals surface area contributed by atoms with Crippen LogP contribution in [0.2, 0.25) is 0 Å². The minimum atomic E-state index is -0.0113. The molecule has 0 N–H and O–H groups in total. The molecule has 2 unspecified atom stereocenters. The van der Waals surface area contributed by atoms with Crippen molar-refractivity contribution in [1.82, 2.24) is 10.2 Å². The zero-order chi connectivity index (χ0) is 15.2. The van der Waals surface area contributed by atoms with Crippen LogP contribution in [-0.4, -0.2) is 60.8 Å². The predicted octanol–water partition coefficient (Wildman–Crippen LogP) is 1.46. The van der Waals surface area contributed by atoms with Gasteiger partial charge in [-0.1, -0.05) is 0 Å². The highest BCUT2D eigenvalue weighted by Crippen LogP contribution is 2.32. The molecule has 3 saturated heterocycles. The number of morpholine rings is 2. The molecule has 0 amide bonds. The molecule has 2 bridgehead atoms. The second-order valence-corrected chi connectivity index (χ2v) is 7.15. The number of hydrogen-bond acceptors (Lipinski definition) is 6. The Kier molecular flexibility index (Phi) is 3.46. The van der Waals surface area contributed by atoms with Crippen molar-refractivity contribution in [3.05, 3.63) is 12.3 Å². The van der Waals surface area contributed by atoms with Crippen LogP contribution in [0.15, 0.2) is 12.3 Å². The van der Waals surface area contributed by atoms with E-state index >= 15 is 0 Å². The first-order valence-electron chi connectivity index (χ1n) is 8.20. The van der Waals surface area contributed by atoms with Crippen LogP contribution in [0.4, 0.5) is 11.5 Å². The number of rotatable bonds is 2. The molecule has 120 valence electrons. The fraction of sp³-hybridized carbons (Fsp3) is 0.750. The van der Waals surface area contributed by atoms with Gasteiger partial charge < -0.3 is 19.3 Å². The van der Waals surface area contributed by atoms with Crippen molar-refractivity contribution in [3.8, 4) is 0 Å². The van der Waals surface area contributed by atoms with Crippen LogP contribution in [-0.2, 0) is 9.47 Å². The summed E-state index contributed by atoms with van der Waals surface area (Å²) in [5, 5.41) is 8.62. The molecular formula is C16H24N4O2. The molecule has 0 aromatic carbocycles. The lowest BCUT2D eigenvalue weighted by atomic mass is 10.0. The summed E-state index contributed by atoms with van der Waals surface area (Å²) < 4.78 is 11.5. The van der Waals surface area contributed by atoms with Crippen molar-refractivity contribution in [3.63, 3.8) is 0 Å². The maximum absolute atomic E-state index is 5.91. The van der Waals surface area contributed by atoms with Crippen LogP contribution in [0.25, 0.3) is 0 Å². The third-order valence-electron chi connectivity index (χ3n) is 4.95. The Balaban J connectivity index is 1.58. The smallest absolute Gasteiger partial charge is 0.153 e. The second kappa shape index (κ2) is 5.35. The Labute approximate surface area is 131 Å². The fourth-order valence-electron chi connectivity index (χ4n) is 3.79. The van der Waals surface area contributed by atoms with E-state index in [0.29, 0.717) is 12.2 Å². The fourth-order valence-corrected chi connectivity index (χ4v) is 3.79. The van der Waals surface area contributed by atoms with Crippen molar-refractivity contribution in [2.75, 3.05) is 42.6 Å². The lowest BCUT2D eigenvalue weighted by Crippen LogP contribution is -2.53. The minimum absolute atomic E-state index is 0.0113. The number of fused-ring (bicyclic) bond motifs is 2. The molecule has 2 atom stereocenters. The third kappa shape index (κ3) is 2.54. The summed E-state index contributed by atoms with van der Waals surface area (Å²) >= 11 is 0. The monoisotopic (exact) mass is 304 g/mol. The molecule has 1 aromatic heterocycles. The van der Waals surface area contributed by atoms with Gasteiger partial charge in [0.2, 0.25) is 0 Å². The Morgan fingerprint density at radius 2 is 2.00 bits per heavy atom. The first-order valence-corrected chi connectivity index (χ1v) is 8.20. The maximum atomic E-state index is 5.91. The topological polar surface area (TPSA) is 50.7 Å². The van der Waals surface area contributed by atoms with E-state index in [1.165, 1.54) is 12.8 Å². The van der Waals surface area contributed by atoms with Gasteiger partial charge >= 0.3 is 0 Å². The van der Waals surface area contributed by atoms with E-state index in [0.717, 1.165) is 44.4 Å². The molecule has 4 rings (SSSR count). The van der Waals surface area contributed by atoms with Gasteiger partial charge in [-0.05, 0) is 26.7 Å². The molecule has 3 aliphatic heterocycles. The molecule has 0 radical (unpaired) electrons. The van der Waals surface area contributed by atoms with Gasteiger partial charge in [-0.2, -0.15) is 5.10 Å². The molecule has 0 aliphatic carbocycles. The summed E-state index contributed by atoms with van der Waals surface area (Å²) in [5.41, 5.74) is 1.12. The highest BCUT2D eigenvalue weighted by Gasteiger charge is 2.35. The first kappa shape index (κ1) is 14.2. The summed E-state index contributed by atoms with van der Waals surface area (Å²) in [6.07, 6.45) is 4.94. The van der Waals surface area contributed by atoms with Gasteiger partial charge in [0.15, 0.2) is 5.82 Å². The molecule has 22 heavy (non-hydrogen) atoms. The number of anilines is 2. The van der Waals surface area contributed by atoms with Crippen molar-refractivity contribution in [1.29, 1.82) is 0 Å². The van der Waals surface area contributed by atoms with Gasteiger partial charge in [-0.25, -0.2) is 0 Å². The summed E-state index contributed by atoms with van der Waals surface area (Å²) in [5.74, 6) is 0.972. The Morgan fingerprint density at radius 3 is 2.73 bits per heavy atom. The zero-order valence-corrected chi connectivity index (χ0v) is 13.4. The van der Waals surface area contributed by atoms with E-state index in [2.05, 4.69) is 39.9 Å². The van der Waals surface area contributed by atoms with Crippen molar-refractivity contribution < 1.29 is 9.47 Å². The SMILES string of the molecule is CC1(C)COCCN1c1cnnc(N2CC3CCC(C2)O3)c1. The molecule has 3 fully saturated rings. The molecule has 4 heterocycles. The molecule has 0 saturated carbocycles. The van der Waals surface area contributed by atoms with E-state index in [1.807, 2.05) is 6.20 Å². The lowest BCUT2D eigenvalue weighted by Gasteiger charge is -2.43. The Bertz CT molecular complexity index is 539. The third-order valence-corrected chi connectivity index (χ3v) is 4.95. The van der Waals surface area contributed by atoms with Gasteiger partial charge in [-0.15, -0.1) is 5.10 Å². The highest BCUT2D eigenvalue weighted by molar-refractivity contribution is 5.55. The number of nitrogens with zero attached hydrogens (tertiary/aromatic N) is 4. The van der Waals surface area contributed by atoms with E-state index in [1.54, 1.807) is 0 Å². The van der Waals surface area contributed by atoms with Crippen LogP contribution < -0.4 is 9.80 Å². The second-order valence-electron chi connectivity index (χ2n) is 7.15. The highest BCUT2D eigenvalue weighted by atomic mass is 16.5. The van der Waals surface area contributed by atoms with E-state index in [9.17, 15) is 0 Å². The largest absolute Gasteiger partial charge is 0.377 e. The predicted molar refractivity (Wildman–Crippen MR) is 84.4 cm³/mol. The summed E-state index contributed by atoms with van der Waals surface area (Å²) in [6, 6.07) is 2.17. The standard InChI is InChI=1S/C16H24N4O2/c1-16(2)11-21-6-5-20(16)12-7-15(18-17-8-12)19-9-13-3-4-14(10-19)22-13/h7-8,13-14H,3-6,9-11H2,1-2H3. The zero-order valence-electron chi connectivity index (χ0n) is 13.4. The molecular weight excluding hydrogens is 280 g/mol. The van der Waals surface area contributed by atoms with Crippen LogP contribution in [0.5, 0.6) is 0 Å². The average Bonchev–Trinajstić information content (AvgIpc) is 2.85. The maximum Gasteiger partial charge on any atom is 0.153 e. The van der Waals surface area contributed by atoms with Gasteiger partial charge in [0.25, 0.3) is 0 Å². The van der Waals surface area contributed by atoms with Crippen LogP contribution in [0.1, 0.15) is 26.7 Å². The Hall–Kier alpha value is -1.40. The number of aromatic nitrogens is 2. The van der Waals surface area contributed by atoms with Crippen molar-refractivity contribution >= 4 is 11.5 Å². The summed E-state index contributed by atoms with van der Waals surface area (Å²) in [4.78, 5) is 4.71. The van der Waals surface area contributed by atoms with E-state index < -0.39 is 0 Å². The van der Waals surface area contributed by atoms with Crippen LogP contribution in [0.3, 0.4) is 0 Å². The minimum Gasteiger partial charge on any atom is -0.377 e. The number of hydrogen-bond donors (Lipinski definition) is 0. The van der Waals surface area contributed by atoms with Gasteiger partial charge in [0, 0.05) is 25.7 Å². The van der Waals surface area contributed by atoms with Crippen molar-refractivity contribution in [2.24, 2.45) is 0 Å². The normalized spacial score (nSPS) is 30.6. The van der Waals surface area contributed by atoms with E-state index in [4.69, 9.17) is 9.47 Å². The Morgan fingerprint density at radius 1 is 1.23 bits per heavy atom. The van der Waals surface area contributed by atoms with Gasteiger partial charge in [-0.3, -0.25) is 0 Å². The quantitative estimate of drug-likeness (QED) is 0.824.